The van der Waals surface area contributed by atoms with Gasteiger partial charge in [0.15, 0.2) is 9.84 Å². The maximum Gasteiger partial charge on any atom is 0.291 e. The van der Waals surface area contributed by atoms with Gasteiger partial charge in [0.1, 0.15) is 17.0 Å². The van der Waals surface area contributed by atoms with Crippen LogP contribution in [0.1, 0.15) is 29.8 Å². The predicted molar refractivity (Wildman–Crippen MR) is 122 cm³/mol. The standard InChI is InChI=1S/C22H24N4O7S/c27-18-6-5-16(24-26(18)14-7-12-34(30,31)13-14)21(28)23-19-15-3-1-2-4-17(15)33-20(19)22(29)25-8-10-32-11-9-25/h1-4,14H,5-13H2,(H,23,28)/t14-/m0/s1. The van der Waals surface area contributed by atoms with Gasteiger partial charge in [-0.15, -0.1) is 0 Å². The fourth-order valence-corrected chi connectivity index (χ4v) is 6.10. The zero-order valence-corrected chi connectivity index (χ0v) is 19.2. The van der Waals surface area contributed by atoms with Crippen LogP contribution in [0, 0.1) is 0 Å². The first-order chi connectivity index (χ1) is 16.3. The van der Waals surface area contributed by atoms with Crippen LogP contribution < -0.4 is 5.32 Å². The second-order valence-electron chi connectivity index (χ2n) is 8.50. The van der Waals surface area contributed by atoms with E-state index in [1.807, 2.05) is 0 Å². The molecule has 4 heterocycles. The number of nitrogens with zero attached hydrogens (tertiary/aromatic N) is 3. The summed E-state index contributed by atoms with van der Waals surface area (Å²) in [6, 6.07) is 6.42. The van der Waals surface area contributed by atoms with Crippen LogP contribution in [0.4, 0.5) is 5.69 Å². The van der Waals surface area contributed by atoms with Gasteiger partial charge in [0.2, 0.25) is 11.7 Å². The van der Waals surface area contributed by atoms with Crippen molar-refractivity contribution in [3.05, 3.63) is 30.0 Å². The highest BCUT2D eigenvalue weighted by Gasteiger charge is 2.37. The molecule has 0 spiro atoms. The Bertz CT molecular complexity index is 1290. The van der Waals surface area contributed by atoms with E-state index in [2.05, 4.69) is 10.4 Å². The molecule has 0 unspecified atom stereocenters. The number of hydrogen-bond acceptors (Lipinski definition) is 8. The molecule has 3 aliphatic heterocycles. The van der Waals surface area contributed by atoms with E-state index in [1.165, 1.54) is 0 Å². The smallest absolute Gasteiger partial charge is 0.291 e. The number of fused-ring (bicyclic) bond motifs is 1. The number of benzene rings is 1. The zero-order chi connectivity index (χ0) is 23.9. The van der Waals surface area contributed by atoms with E-state index in [1.54, 1.807) is 29.2 Å². The number of rotatable bonds is 4. The van der Waals surface area contributed by atoms with Crippen LogP contribution in [-0.4, -0.2) is 85.6 Å². The number of furan rings is 1. The average Bonchev–Trinajstić information content (AvgIpc) is 3.39. The van der Waals surface area contributed by atoms with Gasteiger partial charge in [-0.05, 0) is 18.6 Å². The van der Waals surface area contributed by atoms with E-state index in [4.69, 9.17) is 9.15 Å². The number of anilines is 1. The predicted octanol–water partition coefficient (Wildman–Crippen LogP) is 1.01. The Kier molecular flexibility index (Phi) is 5.86. The summed E-state index contributed by atoms with van der Waals surface area (Å²) in [5, 5.41) is 8.69. The fraction of sp³-hybridized carbons (Fsp3) is 0.455. The van der Waals surface area contributed by atoms with Crippen LogP contribution in [0.15, 0.2) is 33.8 Å². The summed E-state index contributed by atoms with van der Waals surface area (Å²) in [7, 11) is -3.22. The Labute approximate surface area is 195 Å². The molecule has 3 aliphatic rings. The lowest BCUT2D eigenvalue weighted by atomic mass is 10.1. The summed E-state index contributed by atoms with van der Waals surface area (Å²) < 4.78 is 34.8. The van der Waals surface area contributed by atoms with E-state index in [9.17, 15) is 22.8 Å². The Morgan fingerprint density at radius 2 is 1.88 bits per heavy atom. The molecule has 0 aliphatic carbocycles. The molecule has 2 fully saturated rings. The molecule has 12 heteroatoms. The molecule has 3 amide bonds. The number of morpholine rings is 1. The van der Waals surface area contributed by atoms with E-state index in [-0.39, 0.29) is 59.7 Å². The van der Waals surface area contributed by atoms with Gasteiger partial charge in [-0.3, -0.25) is 14.4 Å². The van der Waals surface area contributed by atoms with Crippen molar-refractivity contribution < 1.29 is 32.0 Å². The molecule has 1 aromatic heterocycles. The highest BCUT2D eigenvalue weighted by atomic mass is 32.2. The molecule has 1 atom stereocenters. The van der Waals surface area contributed by atoms with Gasteiger partial charge >= 0.3 is 0 Å². The van der Waals surface area contributed by atoms with Gasteiger partial charge in [-0.1, -0.05) is 12.1 Å². The van der Waals surface area contributed by atoms with E-state index >= 15 is 0 Å². The Morgan fingerprint density at radius 3 is 2.62 bits per heavy atom. The van der Waals surface area contributed by atoms with Crippen molar-refractivity contribution in [3.8, 4) is 0 Å². The highest BCUT2D eigenvalue weighted by Crippen LogP contribution is 2.32. The van der Waals surface area contributed by atoms with Crippen LogP contribution in [0.5, 0.6) is 0 Å². The van der Waals surface area contributed by atoms with Crippen molar-refractivity contribution in [3.63, 3.8) is 0 Å². The third-order valence-corrected chi connectivity index (χ3v) is 7.95. The minimum atomic E-state index is -3.22. The molecular weight excluding hydrogens is 464 g/mol. The number of ether oxygens (including phenoxy) is 1. The summed E-state index contributed by atoms with van der Waals surface area (Å²) in [6.45, 7) is 1.67. The first-order valence-corrected chi connectivity index (χ1v) is 12.9. The average molecular weight is 489 g/mol. The first kappa shape index (κ1) is 22.5. The van der Waals surface area contributed by atoms with Gasteiger partial charge in [0.05, 0.1) is 30.8 Å². The molecule has 180 valence electrons. The maximum absolute atomic E-state index is 13.2. The van der Waals surface area contributed by atoms with Gasteiger partial charge < -0.3 is 19.4 Å². The lowest BCUT2D eigenvalue weighted by molar-refractivity contribution is -0.133. The lowest BCUT2D eigenvalue weighted by Crippen LogP contribution is -2.43. The molecule has 1 aromatic carbocycles. The summed E-state index contributed by atoms with van der Waals surface area (Å²) in [4.78, 5) is 40.3. The van der Waals surface area contributed by atoms with E-state index in [0.29, 0.717) is 37.3 Å². The number of sulfone groups is 1. The molecule has 2 aromatic rings. The Morgan fingerprint density at radius 1 is 1.12 bits per heavy atom. The molecule has 0 saturated carbocycles. The van der Waals surface area contributed by atoms with Crippen molar-refractivity contribution in [2.75, 3.05) is 43.1 Å². The third-order valence-electron chi connectivity index (χ3n) is 6.20. The highest BCUT2D eigenvalue weighted by molar-refractivity contribution is 7.91. The molecule has 1 N–H and O–H groups in total. The number of carbonyl (C=O) groups is 3. The number of nitrogens with one attached hydrogen (secondary N) is 1. The van der Waals surface area contributed by atoms with Gasteiger partial charge in [-0.2, -0.15) is 5.10 Å². The minimum absolute atomic E-state index is 0.00742. The lowest BCUT2D eigenvalue weighted by Gasteiger charge is -2.27. The summed E-state index contributed by atoms with van der Waals surface area (Å²) in [5.41, 5.74) is 0.790. The second-order valence-corrected chi connectivity index (χ2v) is 10.7. The van der Waals surface area contributed by atoms with Crippen LogP contribution in [0.25, 0.3) is 11.0 Å². The number of para-hydroxylation sites is 1. The van der Waals surface area contributed by atoms with Crippen molar-refractivity contribution in [1.82, 2.24) is 9.91 Å². The largest absolute Gasteiger partial charge is 0.449 e. The molecule has 5 rings (SSSR count). The van der Waals surface area contributed by atoms with Gasteiger partial charge in [-0.25, -0.2) is 13.4 Å². The van der Waals surface area contributed by atoms with E-state index < -0.39 is 21.8 Å². The van der Waals surface area contributed by atoms with Crippen LogP contribution in [0.2, 0.25) is 0 Å². The summed E-state index contributed by atoms with van der Waals surface area (Å²) in [5.74, 6) is -1.39. The number of carbonyl (C=O) groups excluding carboxylic acids is 3. The van der Waals surface area contributed by atoms with Crippen LogP contribution in [0.3, 0.4) is 0 Å². The topological polar surface area (TPSA) is 139 Å². The van der Waals surface area contributed by atoms with Gasteiger partial charge in [0, 0.05) is 31.3 Å². The second kappa shape index (κ2) is 8.84. The van der Waals surface area contributed by atoms with Crippen molar-refractivity contribution in [1.29, 1.82) is 0 Å². The van der Waals surface area contributed by atoms with Crippen LogP contribution >= 0.6 is 0 Å². The minimum Gasteiger partial charge on any atom is -0.449 e. The third kappa shape index (κ3) is 4.30. The van der Waals surface area contributed by atoms with Gasteiger partial charge in [0.25, 0.3) is 11.8 Å². The van der Waals surface area contributed by atoms with Crippen molar-refractivity contribution in [2.45, 2.75) is 25.3 Å². The Balaban J connectivity index is 1.43. The summed E-state index contributed by atoms with van der Waals surface area (Å²) >= 11 is 0. The quantitative estimate of drug-likeness (QED) is 0.678. The Hall–Kier alpha value is -3.25. The van der Waals surface area contributed by atoms with Crippen molar-refractivity contribution in [2.24, 2.45) is 5.10 Å². The summed E-state index contributed by atoms with van der Waals surface area (Å²) in [6.07, 6.45) is 0.453. The normalized spacial score (nSPS) is 22.6. The van der Waals surface area contributed by atoms with Crippen LogP contribution in [-0.2, 0) is 24.2 Å². The molecule has 34 heavy (non-hydrogen) atoms. The number of hydrazone groups is 1. The fourth-order valence-electron chi connectivity index (χ4n) is 4.40. The number of amides is 3. The number of hydrogen-bond donors (Lipinski definition) is 1. The monoisotopic (exact) mass is 488 g/mol. The molecule has 0 bridgehead atoms. The van der Waals surface area contributed by atoms with Crippen molar-refractivity contribution >= 4 is 49.9 Å². The maximum atomic E-state index is 13.2. The molecule has 2 saturated heterocycles. The molecule has 11 nitrogen and oxygen atoms in total. The van der Waals surface area contributed by atoms with E-state index in [0.717, 1.165) is 5.01 Å². The first-order valence-electron chi connectivity index (χ1n) is 11.1. The molecular formula is C22H24N4O7S. The molecule has 0 radical (unpaired) electrons. The zero-order valence-electron chi connectivity index (χ0n) is 18.4. The SMILES string of the molecule is O=C(Nc1c(C(=O)N2CCOCC2)oc2ccccc12)C1=NN([C@H]2CCS(=O)(=O)C2)C(=O)CC1.